The van der Waals surface area contributed by atoms with Crippen molar-refractivity contribution >= 4 is 28.7 Å². The van der Waals surface area contributed by atoms with Crippen molar-refractivity contribution in [2.24, 2.45) is 7.05 Å². The molecular formula is C12H15ClFN5. The second kappa shape index (κ2) is 5.36. The second-order valence-corrected chi connectivity index (χ2v) is 4.57. The maximum atomic E-state index is 13.9. The van der Waals surface area contributed by atoms with Gasteiger partial charge in [-0.25, -0.2) is 9.37 Å². The number of aromatic nitrogens is 2. The Labute approximate surface area is 115 Å². The minimum Gasteiger partial charge on any atom is -0.397 e. The molecule has 2 aromatic rings. The van der Waals surface area contributed by atoms with Crippen LogP contribution >= 0.6 is 11.6 Å². The van der Waals surface area contributed by atoms with Crippen molar-refractivity contribution in [2.45, 2.75) is 6.42 Å². The molecule has 0 fully saturated rings. The molecule has 0 aliphatic rings. The molecular weight excluding hydrogens is 269 g/mol. The van der Waals surface area contributed by atoms with Crippen LogP contribution in [0.15, 0.2) is 18.5 Å². The topological polar surface area (TPSA) is 81.9 Å². The molecule has 102 valence electrons. The van der Waals surface area contributed by atoms with Gasteiger partial charge in [-0.05, 0) is 6.07 Å². The van der Waals surface area contributed by atoms with E-state index in [-0.39, 0.29) is 22.1 Å². The van der Waals surface area contributed by atoms with Crippen molar-refractivity contribution in [2.75, 3.05) is 23.3 Å². The van der Waals surface area contributed by atoms with Crippen LogP contribution in [-0.4, -0.2) is 16.1 Å². The van der Waals surface area contributed by atoms with Crippen LogP contribution < -0.4 is 16.8 Å². The van der Waals surface area contributed by atoms with Gasteiger partial charge in [0.05, 0.1) is 17.1 Å². The minimum absolute atomic E-state index is 0.117. The molecule has 2 rings (SSSR count). The first-order valence-electron chi connectivity index (χ1n) is 5.73. The lowest BCUT2D eigenvalue weighted by Crippen LogP contribution is -2.11. The Kier molecular flexibility index (Phi) is 3.80. The molecule has 0 saturated heterocycles. The molecule has 5 nitrogen and oxygen atoms in total. The van der Waals surface area contributed by atoms with Crippen LogP contribution in [0.1, 0.15) is 5.82 Å². The highest BCUT2D eigenvalue weighted by Gasteiger charge is 2.14. The number of nitrogens with one attached hydrogen (secondary N) is 1. The molecule has 1 aromatic heterocycles. The van der Waals surface area contributed by atoms with Crippen LogP contribution in [0.2, 0.25) is 5.02 Å². The molecule has 0 radical (unpaired) electrons. The summed E-state index contributed by atoms with van der Waals surface area (Å²) in [5, 5.41) is 2.80. The molecule has 0 unspecified atom stereocenters. The van der Waals surface area contributed by atoms with Crippen molar-refractivity contribution < 1.29 is 4.39 Å². The first-order valence-corrected chi connectivity index (χ1v) is 6.11. The molecule has 0 aliphatic heterocycles. The third-order valence-electron chi connectivity index (χ3n) is 2.84. The SMILES string of the molecule is Cn1ccnc1CCNc1c(N)cc(N)c(Cl)c1F. The molecule has 7 heteroatoms. The number of anilines is 3. The Morgan fingerprint density at radius 1 is 1.42 bits per heavy atom. The average molecular weight is 284 g/mol. The van der Waals surface area contributed by atoms with Gasteiger partial charge in [0.15, 0.2) is 5.82 Å². The quantitative estimate of drug-likeness (QED) is 0.750. The summed E-state index contributed by atoms with van der Waals surface area (Å²) in [4.78, 5) is 4.18. The summed E-state index contributed by atoms with van der Waals surface area (Å²) in [6, 6.07) is 1.44. The zero-order valence-electron chi connectivity index (χ0n) is 10.5. The van der Waals surface area contributed by atoms with E-state index >= 15 is 0 Å². The van der Waals surface area contributed by atoms with Crippen LogP contribution in [0, 0.1) is 5.82 Å². The van der Waals surface area contributed by atoms with Crippen LogP contribution in [0.4, 0.5) is 21.5 Å². The van der Waals surface area contributed by atoms with Gasteiger partial charge < -0.3 is 21.4 Å². The van der Waals surface area contributed by atoms with Crippen LogP contribution in [-0.2, 0) is 13.5 Å². The summed E-state index contributed by atoms with van der Waals surface area (Å²) in [7, 11) is 1.90. The Morgan fingerprint density at radius 2 is 2.16 bits per heavy atom. The smallest absolute Gasteiger partial charge is 0.169 e. The lowest BCUT2D eigenvalue weighted by atomic mass is 10.2. The number of hydrogen-bond donors (Lipinski definition) is 3. The molecule has 0 spiro atoms. The maximum Gasteiger partial charge on any atom is 0.169 e. The van der Waals surface area contributed by atoms with Gasteiger partial charge in [-0.2, -0.15) is 0 Å². The fourth-order valence-corrected chi connectivity index (χ4v) is 1.93. The molecule has 0 amide bonds. The van der Waals surface area contributed by atoms with Crippen molar-refractivity contribution in [1.29, 1.82) is 0 Å². The molecule has 1 aromatic carbocycles. The summed E-state index contributed by atoms with van der Waals surface area (Å²) in [6.07, 6.45) is 4.21. The molecule has 5 N–H and O–H groups in total. The van der Waals surface area contributed by atoms with Gasteiger partial charge in [-0.15, -0.1) is 0 Å². The molecule has 0 atom stereocenters. The number of hydrogen-bond acceptors (Lipinski definition) is 4. The number of imidazole rings is 1. The first kappa shape index (κ1) is 13.5. The van der Waals surface area contributed by atoms with E-state index in [1.807, 2.05) is 17.8 Å². The monoisotopic (exact) mass is 283 g/mol. The number of halogens is 2. The summed E-state index contributed by atoms with van der Waals surface area (Å²) in [5.74, 6) is 0.270. The standard InChI is InChI=1S/C12H15ClFN5/c1-19-5-4-17-9(19)2-3-18-12-8(16)6-7(15)10(13)11(12)14/h4-6,18H,2-3,15-16H2,1H3. The van der Waals surface area contributed by atoms with Crippen molar-refractivity contribution in [3.05, 3.63) is 35.1 Å². The largest absolute Gasteiger partial charge is 0.397 e. The van der Waals surface area contributed by atoms with Crippen molar-refractivity contribution in [3.63, 3.8) is 0 Å². The summed E-state index contributed by atoms with van der Waals surface area (Å²) >= 11 is 5.75. The van der Waals surface area contributed by atoms with E-state index in [0.29, 0.717) is 13.0 Å². The Balaban J connectivity index is 2.08. The molecule has 1 heterocycles. The predicted octanol–water partition coefficient (Wildman–Crippen LogP) is 2.03. The summed E-state index contributed by atoms with van der Waals surface area (Å²) in [6.45, 7) is 0.492. The number of nitrogen functional groups attached to an aromatic ring is 2. The third kappa shape index (κ3) is 2.73. The lowest BCUT2D eigenvalue weighted by molar-refractivity contribution is 0.631. The fraction of sp³-hybridized carbons (Fsp3) is 0.250. The van der Waals surface area contributed by atoms with E-state index in [0.717, 1.165) is 5.82 Å². The highest BCUT2D eigenvalue weighted by atomic mass is 35.5. The van der Waals surface area contributed by atoms with E-state index in [9.17, 15) is 4.39 Å². The number of benzene rings is 1. The van der Waals surface area contributed by atoms with Crippen LogP contribution in [0.5, 0.6) is 0 Å². The molecule has 0 bridgehead atoms. The van der Waals surface area contributed by atoms with E-state index in [4.69, 9.17) is 23.1 Å². The number of nitrogens with zero attached hydrogens (tertiary/aromatic N) is 2. The Morgan fingerprint density at radius 3 is 2.79 bits per heavy atom. The zero-order valence-corrected chi connectivity index (χ0v) is 11.2. The summed E-state index contributed by atoms with van der Waals surface area (Å²) < 4.78 is 15.8. The number of nitrogens with two attached hydrogens (primary N) is 2. The highest BCUT2D eigenvalue weighted by molar-refractivity contribution is 6.33. The molecule has 0 saturated carbocycles. The van der Waals surface area contributed by atoms with Crippen molar-refractivity contribution in [3.8, 4) is 0 Å². The lowest BCUT2D eigenvalue weighted by Gasteiger charge is -2.12. The second-order valence-electron chi connectivity index (χ2n) is 4.19. The van der Waals surface area contributed by atoms with Gasteiger partial charge >= 0.3 is 0 Å². The van der Waals surface area contributed by atoms with Crippen LogP contribution in [0.25, 0.3) is 0 Å². The normalized spacial score (nSPS) is 10.7. The third-order valence-corrected chi connectivity index (χ3v) is 3.22. The van der Waals surface area contributed by atoms with Crippen molar-refractivity contribution in [1.82, 2.24) is 9.55 Å². The zero-order chi connectivity index (χ0) is 14.0. The highest BCUT2D eigenvalue weighted by Crippen LogP contribution is 2.33. The number of aryl methyl sites for hydroxylation is 1. The van der Waals surface area contributed by atoms with Gasteiger partial charge in [-0.1, -0.05) is 11.6 Å². The van der Waals surface area contributed by atoms with Gasteiger partial charge in [0, 0.05) is 32.4 Å². The first-order chi connectivity index (χ1) is 9.00. The maximum absolute atomic E-state index is 13.9. The summed E-state index contributed by atoms with van der Waals surface area (Å²) in [5.41, 5.74) is 11.8. The fourth-order valence-electron chi connectivity index (χ4n) is 1.78. The molecule has 19 heavy (non-hydrogen) atoms. The predicted molar refractivity (Wildman–Crippen MR) is 75.6 cm³/mol. The number of rotatable bonds is 4. The van der Waals surface area contributed by atoms with Gasteiger partial charge in [0.2, 0.25) is 0 Å². The van der Waals surface area contributed by atoms with E-state index in [2.05, 4.69) is 10.3 Å². The molecule has 0 aliphatic carbocycles. The van der Waals surface area contributed by atoms with E-state index in [1.54, 1.807) is 6.20 Å². The van der Waals surface area contributed by atoms with Gasteiger partial charge in [0.1, 0.15) is 10.8 Å². The van der Waals surface area contributed by atoms with E-state index < -0.39 is 5.82 Å². The van der Waals surface area contributed by atoms with Gasteiger partial charge in [-0.3, -0.25) is 0 Å². The minimum atomic E-state index is -0.626. The Hall–Kier alpha value is -1.95. The van der Waals surface area contributed by atoms with E-state index in [1.165, 1.54) is 6.07 Å². The average Bonchev–Trinajstić information content (AvgIpc) is 2.77. The van der Waals surface area contributed by atoms with Crippen LogP contribution in [0.3, 0.4) is 0 Å². The van der Waals surface area contributed by atoms with Gasteiger partial charge in [0.25, 0.3) is 0 Å². The Bertz CT molecular complexity index is 596.